The third-order valence-electron chi connectivity index (χ3n) is 2.96. The van der Waals surface area contributed by atoms with E-state index < -0.39 is 5.97 Å². The van der Waals surface area contributed by atoms with Crippen molar-refractivity contribution < 1.29 is 19.1 Å². The minimum absolute atomic E-state index is 0.203. The fourth-order valence-electron chi connectivity index (χ4n) is 2.00. The first-order valence-electron chi connectivity index (χ1n) is 5.42. The Morgan fingerprint density at radius 3 is 2.81 bits per heavy atom. The highest BCUT2D eigenvalue weighted by Crippen LogP contribution is 2.32. The molecule has 5 nitrogen and oxygen atoms in total. The normalized spacial score (nSPS) is 25.4. The number of carbonyl (C=O) groups excluding carboxylic acids is 1. The molecule has 1 saturated carbocycles. The van der Waals surface area contributed by atoms with Crippen LogP contribution in [0, 0.1) is 0 Å². The molecule has 0 spiro atoms. The highest BCUT2D eigenvalue weighted by molar-refractivity contribution is 5.86. The second kappa shape index (κ2) is 4.65. The zero-order valence-electron chi connectivity index (χ0n) is 9.18. The van der Waals surface area contributed by atoms with Gasteiger partial charge in [0.2, 0.25) is 0 Å². The van der Waals surface area contributed by atoms with Crippen molar-refractivity contribution in [2.75, 3.05) is 7.11 Å². The average molecular weight is 225 g/mol. The summed E-state index contributed by atoms with van der Waals surface area (Å²) in [7, 11) is 1.31. The van der Waals surface area contributed by atoms with E-state index in [0.29, 0.717) is 5.89 Å². The minimum atomic E-state index is -0.481. The zero-order valence-corrected chi connectivity index (χ0v) is 9.18. The van der Waals surface area contributed by atoms with Crippen molar-refractivity contribution >= 4 is 5.97 Å². The number of methoxy groups -OCH3 is 1. The lowest BCUT2D eigenvalue weighted by Gasteiger charge is -2.22. The number of aromatic nitrogens is 1. The molecule has 0 atom stereocenters. The second-order valence-corrected chi connectivity index (χ2v) is 4.07. The molecule has 0 aromatic carbocycles. The van der Waals surface area contributed by atoms with Crippen molar-refractivity contribution in [1.82, 2.24) is 4.98 Å². The first kappa shape index (κ1) is 11.1. The third-order valence-corrected chi connectivity index (χ3v) is 2.96. The van der Waals surface area contributed by atoms with Crippen LogP contribution < -0.4 is 0 Å². The summed E-state index contributed by atoms with van der Waals surface area (Å²) in [6, 6.07) is 0. The quantitative estimate of drug-likeness (QED) is 0.772. The highest BCUT2D eigenvalue weighted by atomic mass is 16.5. The van der Waals surface area contributed by atoms with Gasteiger partial charge in [0.05, 0.1) is 13.2 Å². The summed E-state index contributed by atoms with van der Waals surface area (Å²) in [5.41, 5.74) is 0.212. The molecule has 1 aromatic rings. The van der Waals surface area contributed by atoms with Gasteiger partial charge in [0.1, 0.15) is 6.26 Å². The Hall–Kier alpha value is -1.36. The van der Waals surface area contributed by atoms with Gasteiger partial charge in [-0.15, -0.1) is 0 Å². The Bertz CT molecular complexity index is 366. The van der Waals surface area contributed by atoms with Crippen LogP contribution in [0.4, 0.5) is 0 Å². The van der Waals surface area contributed by atoms with Crippen LogP contribution in [0.3, 0.4) is 0 Å². The number of hydrogen-bond acceptors (Lipinski definition) is 5. The van der Waals surface area contributed by atoms with Crippen LogP contribution in [-0.2, 0) is 4.74 Å². The van der Waals surface area contributed by atoms with E-state index in [1.807, 2.05) is 0 Å². The van der Waals surface area contributed by atoms with Gasteiger partial charge in [0.15, 0.2) is 11.6 Å². The van der Waals surface area contributed by atoms with Crippen LogP contribution in [0.15, 0.2) is 10.7 Å². The van der Waals surface area contributed by atoms with Gasteiger partial charge in [-0.1, -0.05) is 0 Å². The van der Waals surface area contributed by atoms with Gasteiger partial charge >= 0.3 is 5.97 Å². The van der Waals surface area contributed by atoms with Crippen LogP contribution in [0.5, 0.6) is 0 Å². The molecule has 1 aliphatic rings. The van der Waals surface area contributed by atoms with E-state index in [0.717, 1.165) is 25.7 Å². The fraction of sp³-hybridized carbons (Fsp3) is 0.636. The van der Waals surface area contributed by atoms with Crippen molar-refractivity contribution in [3.63, 3.8) is 0 Å². The molecule has 0 aliphatic heterocycles. The molecule has 0 amide bonds. The van der Waals surface area contributed by atoms with Gasteiger partial charge in [-0.3, -0.25) is 0 Å². The average Bonchev–Trinajstić information content (AvgIpc) is 2.78. The molecule has 88 valence electrons. The van der Waals surface area contributed by atoms with E-state index in [4.69, 9.17) is 4.42 Å². The van der Waals surface area contributed by atoms with E-state index in [1.165, 1.54) is 13.4 Å². The van der Waals surface area contributed by atoms with Crippen LogP contribution >= 0.6 is 0 Å². The van der Waals surface area contributed by atoms with Gasteiger partial charge < -0.3 is 14.3 Å². The van der Waals surface area contributed by atoms with Crippen molar-refractivity contribution in [1.29, 1.82) is 0 Å². The molecule has 1 N–H and O–H groups in total. The molecule has 0 unspecified atom stereocenters. The smallest absolute Gasteiger partial charge is 0.360 e. The maximum atomic E-state index is 11.2. The van der Waals surface area contributed by atoms with Gasteiger partial charge in [0, 0.05) is 5.92 Å². The summed E-state index contributed by atoms with van der Waals surface area (Å²) in [6.07, 6.45) is 4.35. The van der Waals surface area contributed by atoms with E-state index in [1.54, 1.807) is 0 Å². The SMILES string of the molecule is COC(=O)c1coc([C@H]2CC[C@@H](O)CC2)n1. The van der Waals surface area contributed by atoms with Crippen LogP contribution in [-0.4, -0.2) is 29.3 Å². The van der Waals surface area contributed by atoms with Gasteiger partial charge in [-0.05, 0) is 25.7 Å². The Kier molecular flexibility index (Phi) is 3.24. The first-order chi connectivity index (χ1) is 7.70. The van der Waals surface area contributed by atoms with E-state index >= 15 is 0 Å². The molecule has 16 heavy (non-hydrogen) atoms. The van der Waals surface area contributed by atoms with E-state index in [2.05, 4.69) is 9.72 Å². The van der Waals surface area contributed by atoms with Crippen molar-refractivity contribution in [2.45, 2.75) is 37.7 Å². The summed E-state index contributed by atoms with van der Waals surface area (Å²) in [5, 5.41) is 9.38. The number of esters is 1. The predicted octanol–water partition coefficient (Wildman–Crippen LogP) is 1.48. The first-order valence-corrected chi connectivity index (χ1v) is 5.42. The van der Waals surface area contributed by atoms with Gasteiger partial charge in [0.25, 0.3) is 0 Å². The highest BCUT2D eigenvalue weighted by Gasteiger charge is 2.25. The Labute approximate surface area is 93.4 Å². The number of aliphatic hydroxyl groups excluding tert-OH is 1. The third kappa shape index (κ3) is 2.24. The van der Waals surface area contributed by atoms with Gasteiger partial charge in [-0.2, -0.15) is 0 Å². The van der Waals surface area contributed by atoms with Crippen molar-refractivity contribution in [2.24, 2.45) is 0 Å². The van der Waals surface area contributed by atoms with Crippen molar-refractivity contribution in [3.05, 3.63) is 17.8 Å². The molecule has 0 bridgehead atoms. The molecule has 1 aliphatic carbocycles. The lowest BCUT2D eigenvalue weighted by molar-refractivity contribution is 0.0593. The van der Waals surface area contributed by atoms with Crippen LogP contribution in [0.25, 0.3) is 0 Å². The molecule has 5 heteroatoms. The predicted molar refractivity (Wildman–Crippen MR) is 55.1 cm³/mol. The molecule has 2 rings (SSSR count). The number of carbonyl (C=O) groups is 1. The topological polar surface area (TPSA) is 72.6 Å². The Balaban J connectivity index is 2.04. The van der Waals surface area contributed by atoms with Crippen LogP contribution in [0.2, 0.25) is 0 Å². The summed E-state index contributed by atoms with van der Waals surface area (Å²) in [4.78, 5) is 15.3. The Morgan fingerprint density at radius 2 is 2.19 bits per heavy atom. The second-order valence-electron chi connectivity index (χ2n) is 4.07. The molecular weight excluding hydrogens is 210 g/mol. The maximum absolute atomic E-state index is 11.2. The van der Waals surface area contributed by atoms with Crippen LogP contribution in [0.1, 0.15) is 48.0 Å². The lowest BCUT2D eigenvalue weighted by atomic mass is 9.87. The zero-order chi connectivity index (χ0) is 11.5. The molecule has 1 aromatic heterocycles. The molecule has 1 heterocycles. The lowest BCUT2D eigenvalue weighted by Crippen LogP contribution is -2.17. The number of hydrogen-bond donors (Lipinski definition) is 1. The maximum Gasteiger partial charge on any atom is 0.360 e. The molecule has 0 radical (unpaired) electrons. The molecule has 0 saturated heterocycles. The largest absolute Gasteiger partial charge is 0.464 e. The molecule has 1 fully saturated rings. The number of aliphatic hydroxyl groups is 1. The fourth-order valence-corrected chi connectivity index (χ4v) is 2.00. The molecular formula is C11H15NO4. The number of oxazole rings is 1. The van der Waals surface area contributed by atoms with E-state index in [9.17, 15) is 9.90 Å². The number of rotatable bonds is 2. The standard InChI is InChI=1S/C11H15NO4/c1-15-11(14)9-6-16-10(12-9)7-2-4-8(13)5-3-7/h6-8,13H,2-5H2,1H3/t7-,8+. The van der Waals surface area contributed by atoms with Gasteiger partial charge in [-0.25, -0.2) is 9.78 Å². The Morgan fingerprint density at radius 1 is 1.50 bits per heavy atom. The van der Waals surface area contributed by atoms with E-state index in [-0.39, 0.29) is 17.7 Å². The summed E-state index contributed by atoms with van der Waals surface area (Å²) in [5.74, 6) is 0.306. The summed E-state index contributed by atoms with van der Waals surface area (Å²) < 4.78 is 9.82. The summed E-state index contributed by atoms with van der Waals surface area (Å²) >= 11 is 0. The number of ether oxygens (including phenoxy) is 1. The monoisotopic (exact) mass is 225 g/mol. The summed E-state index contributed by atoms with van der Waals surface area (Å²) in [6.45, 7) is 0. The number of nitrogens with zero attached hydrogens (tertiary/aromatic N) is 1. The minimum Gasteiger partial charge on any atom is -0.464 e. The van der Waals surface area contributed by atoms with Crippen molar-refractivity contribution in [3.8, 4) is 0 Å².